The van der Waals surface area contributed by atoms with Crippen LogP contribution in [0.3, 0.4) is 0 Å². The molecule has 0 atom stereocenters. The van der Waals surface area contributed by atoms with Crippen molar-refractivity contribution in [1.29, 1.82) is 0 Å². The number of carbonyl (C=O) groups is 1. The van der Waals surface area contributed by atoms with Gasteiger partial charge in [0.25, 0.3) is 0 Å². The molecule has 1 aromatic rings. The van der Waals surface area contributed by atoms with Gasteiger partial charge in [0.05, 0.1) is 5.69 Å². The number of primary amides is 1. The van der Waals surface area contributed by atoms with Crippen molar-refractivity contribution in [2.45, 2.75) is 0 Å². The van der Waals surface area contributed by atoms with Gasteiger partial charge in [0, 0.05) is 5.56 Å². The van der Waals surface area contributed by atoms with Crippen LogP contribution in [0.1, 0.15) is 10.4 Å². The van der Waals surface area contributed by atoms with Gasteiger partial charge in [-0.05, 0) is 18.2 Å². The Morgan fingerprint density at radius 3 is 2.42 bits per heavy atom. The van der Waals surface area contributed by atoms with Gasteiger partial charge in [-0.1, -0.05) is 0 Å². The second kappa shape index (κ2) is 3.92. The largest absolute Gasteiger partial charge is 0.396 e. The molecule has 0 aromatic heterocycles. The average Bonchev–Trinajstić information content (AvgIpc) is 1.94. The highest BCUT2D eigenvalue weighted by molar-refractivity contribution is 5.93. The molecule has 5 heteroatoms. The van der Waals surface area contributed by atoms with Crippen molar-refractivity contribution in [3.63, 3.8) is 0 Å². The van der Waals surface area contributed by atoms with E-state index in [1.54, 1.807) is 0 Å². The number of rotatable bonds is 1. The predicted octanol–water partition coefficient (Wildman–Crippen LogP) is 0.929. The fourth-order valence-electron chi connectivity index (χ4n) is 0.697. The maximum Gasteiger partial charge on any atom is 0.248 e. The molecule has 1 aromatic carbocycles. The van der Waals surface area contributed by atoms with E-state index < -0.39 is 11.7 Å². The SMILES string of the molecule is Cl.NC(=O)c1ccc(F)c(N)c1. The molecule has 0 heterocycles. The Morgan fingerprint density at radius 1 is 1.42 bits per heavy atom. The number of carbonyl (C=O) groups excluding carboxylic acids is 1. The van der Waals surface area contributed by atoms with Crippen molar-refractivity contribution >= 4 is 24.0 Å². The first kappa shape index (κ1) is 10.7. The van der Waals surface area contributed by atoms with E-state index in [1.165, 1.54) is 12.1 Å². The van der Waals surface area contributed by atoms with Crippen LogP contribution in [-0.4, -0.2) is 5.91 Å². The summed E-state index contributed by atoms with van der Waals surface area (Å²) in [6.07, 6.45) is 0. The second-order valence-electron chi connectivity index (χ2n) is 2.10. The summed E-state index contributed by atoms with van der Waals surface area (Å²) in [6.45, 7) is 0. The Morgan fingerprint density at radius 2 is 2.00 bits per heavy atom. The van der Waals surface area contributed by atoms with Crippen LogP contribution in [-0.2, 0) is 0 Å². The smallest absolute Gasteiger partial charge is 0.248 e. The molecule has 3 nitrogen and oxygen atoms in total. The van der Waals surface area contributed by atoms with Gasteiger partial charge in [0.2, 0.25) is 5.91 Å². The lowest BCUT2D eigenvalue weighted by atomic mass is 10.2. The topological polar surface area (TPSA) is 69.1 Å². The first-order valence-corrected chi connectivity index (χ1v) is 2.96. The van der Waals surface area contributed by atoms with Crippen molar-refractivity contribution in [3.05, 3.63) is 29.6 Å². The van der Waals surface area contributed by atoms with Crippen molar-refractivity contribution in [3.8, 4) is 0 Å². The fraction of sp³-hybridized carbons (Fsp3) is 0. The maximum absolute atomic E-state index is 12.5. The van der Waals surface area contributed by atoms with Crippen molar-refractivity contribution < 1.29 is 9.18 Å². The Labute approximate surface area is 75.0 Å². The highest BCUT2D eigenvalue weighted by Crippen LogP contribution is 2.11. The molecule has 0 radical (unpaired) electrons. The molecule has 12 heavy (non-hydrogen) atoms. The van der Waals surface area contributed by atoms with E-state index in [9.17, 15) is 9.18 Å². The molecule has 0 saturated carbocycles. The minimum Gasteiger partial charge on any atom is -0.396 e. The molecule has 1 amide bonds. The van der Waals surface area contributed by atoms with E-state index in [-0.39, 0.29) is 23.7 Å². The zero-order valence-corrected chi connectivity index (χ0v) is 6.90. The first-order chi connectivity index (χ1) is 5.11. The third kappa shape index (κ3) is 2.10. The van der Waals surface area contributed by atoms with Crippen LogP contribution in [0, 0.1) is 5.82 Å². The zero-order valence-electron chi connectivity index (χ0n) is 6.08. The van der Waals surface area contributed by atoms with Gasteiger partial charge in [0.15, 0.2) is 0 Å². The van der Waals surface area contributed by atoms with Crippen molar-refractivity contribution in [2.24, 2.45) is 5.73 Å². The lowest BCUT2D eigenvalue weighted by molar-refractivity contribution is 0.100. The van der Waals surface area contributed by atoms with Crippen LogP contribution < -0.4 is 11.5 Å². The van der Waals surface area contributed by atoms with Gasteiger partial charge >= 0.3 is 0 Å². The molecule has 0 aliphatic heterocycles. The summed E-state index contributed by atoms with van der Waals surface area (Å²) < 4.78 is 12.5. The normalized spacial score (nSPS) is 8.75. The fourth-order valence-corrected chi connectivity index (χ4v) is 0.697. The summed E-state index contributed by atoms with van der Waals surface area (Å²) in [5, 5.41) is 0. The monoisotopic (exact) mass is 190 g/mol. The second-order valence-corrected chi connectivity index (χ2v) is 2.10. The van der Waals surface area contributed by atoms with Crippen LogP contribution in [0.25, 0.3) is 0 Å². The number of nitrogen functional groups attached to an aromatic ring is 1. The van der Waals surface area contributed by atoms with Crippen LogP contribution in [0.5, 0.6) is 0 Å². The summed E-state index contributed by atoms with van der Waals surface area (Å²) in [4.78, 5) is 10.5. The zero-order chi connectivity index (χ0) is 8.43. The summed E-state index contributed by atoms with van der Waals surface area (Å²) in [5.74, 6) is -1.16. The minimum absolute atomic E-state index is 0. The van der Waals surface area contributed by atoms with Crippen LogP contribution >= 0.6 is 12.4 Å². The third-order valence-corrected chi connectivity index (χ3v) is 1.28. The predicted molar refractivity (Wildman–Crippen MR) is 46.6 cm³/mol. The number of nitrogens with two attached hydrogens (primary N) is 2. The minimum atomic E-state index is -0.614. The summed E-state index contributed by atoms with van der Waals surface area (Å²) in [5.41, 5.74) is 10.2. The lowest BCUT2D eigenvalue weighted by Gasteiger charge is -1.97. The Kier molecular flexibility index (Phi) is 3.50. The van der Waals surface area contributed by atoms with Crippen LogP contribution in [0.4, 0.5) is 10.1 Å². The Hall–Kier alpha value is -1.29. The summed E-state index contributed by atoms with van der Waals surface area (Å²) >= 11 is 0. The van der Waals surface area contributed by atoms with E-state index >= 15 is 0 Å². The number of amides is 1. The van der Waals surface area contributed by atoms with Gasteiger partial charge in [-0.25, -0.2) is 4.39 Å². The van der Waals surface area contributed by atoms with Gasteiger partial charge in [-0.15, -0.1) is 12.4 Å². The van der Waals surface area contributed by atoms with Crippen molar-refractivity contribution in [1.82, 2.24) is 0 Å². The first-order valence-electron chi connectivity index (χ1n) is 2.96. The van der Waals surface area contributed by atoms with E-state index in [1.807, 2.05) is 0 Å². The standard InChI is InChI=1S/C7H7FN2O.ClH/c8-5-2-1-4(7(10)11)3-6(5)9;/h1-3H,9H2,(H2,10,11);1H. The molecule has 1 rings (SSSR count). The number of hydrogen-bond acceptors (Lipinski definition) is 2. The number of anilines is 1. The molecule has 0 aliphatic rings. The quantitative estimate of drug-likeness (QED) is 0.647. The highest BCUT2D eigenvalue weighted by Gasteiger charge is 2.02. The molecule has 0 spiro atoms. The highest BCUT2D eigenvalue weighted by atomic mass is 35.5. The molecule has 0 bridgehead atoms. The van der Waals surface area contributed by atoms with Crippen LogP contribution in [0.2, 0.25) is 0 Å². The average molecular weight is 191 g/mol. The van der Waals surface area contributed by atoms with Gasteiger partial charge in [-0.2, -0.15) is 0 Å². The van der Waals surface area contributed by atoms with Crippen LogP contribution in [0.15, 0.2) is 18.2 Å². The molecule has 0 fully saturated rings. The number of halogens is 2. The molecule has 0 saturated heterocycles. The summed E-state index contributed by atoms with van der Waals surface area (Å²) in [6, 6.07) is 3.60. The van der Waals surface area contributed by atoms with E-state index in [0.717, 1.165) is 6.07 Å². The molecule has 4 N–H and O–H groups in total. The summed E-state index contributed by atoms with van der Waals surface area (Å²) in [7, 11) is 0. The van der Waals surface area contributed by atoms with Gasteiger partial charge in [-0.3, -0.25) is 4.79 Å². The molecule has 0 unspecified atom stereocenters. The lowest BCUT2D eigenvalue weighted by Crippen LogP contribution is -2.11. The molecule has 66 valence electrons. The molecular formula is C7H8ClFN2O. The number of hydrogen-bond donors (Lipinski definition) is 2. The number of benzene rings is 1. The maximum atomic E-state index is 12.5. The Bertz CT molecular complexity index is 303. The Balaban J connectivity index is 0.00000121. The van der Waals surface area contributed by atoms with E-state index in [4.69, 9.17) is 11.5 Å². The molecule has 0 aliphatic carbocycles. The third-order valence-electron chi connectivity index (χ3n) is 1.28. The van der Waals surface area contributed by atoms with Gasteiger partial charge in [0.1, 0.15) is 5.82 Å². The van der Waals surface area contributed by atoms with Gasteiger partial charge < -0.3 is 11.5 Å². The van der Waals surface area contributed by atoms with E-state index in [0.29, 0.717) is 0 Å². The van der Waals surface area contributed by atoms with E-state index in [2.05, 4.69) is 0 Å². The molecular weight excluding hydrogens is 183 g/mol. The van der Waals surface area contributed by atoms with Crippen molar-refractivity contribution in [2.75, 3.05) is 5.73 Å².